The molecule has 1 amide bonds. The number of phenols is 1. The van der Waals surface area contributed by atoms with Crippen molar-refractivity contribution in [3.05, 3.63) is 76.3 Å². The van der Waals surface area contributed by atoms with E-state index in [2.05, 4.69) is 10.5 Å². The lowest BCUT2D eigenvalue weighted by atomic mass is 10.1. The van der Waals surface area contributed by atoms with Gasteiger partial charge in [-0.25, -0.2) is 5.43 Å². The summed E-state index contributed by atoms with van der Waals surface area (Å²) in [6.45, 7) is -0.258. The summed E-state index contributed by atoms with van der Waals surface area (Å²) in [6, 6.07) is 16.7. The average Bonchev–Trinajstić information content (AvgIpc) is 2.67. The molecule has 136 valence electrons. The lowest BCUT2D eigenvalue weighted by Crippen LogP contribution is -2.24. The standard InChI is InChI=1S/C19H15N3O5/c23-17-9-8-15(22(25)26)10-14(17)11-20-21-19(24)12-27-18-7-3-5-13-4-1-2-6-16(13)18/h1-11,23H,12H2,(H,21,24)/b20-11+. The van der Waals surface area contributed by atoms with Crippen LogP contribution in [0.5, 0.6) is 11.5 Å². The number of amides is 1. The Kier molecular flexibility index (Phi) is 5.27. The summed E-state index contributed by atoms with van der Waals surface area (Å²) in [5.41, 5.74) is 2.17. The number of hydrazone groups is 1. The van der Waals surface area contributed by atoms with Gasteiger partial charge < -0.3 is 9.84 Å². The molecule has 0 aliphatic carbocycles. The number of hydrogen-bond donors (Lipinski definition) is 2. The quantitative estimate of drug-likeness (QED) is 0.396. The Labute approximate surface area is 153 Å². The van der Waals surface area contributed by atoms with Crippen LogP contribution >= 0.6 is 0 Å². The number of non-ortho nitro benzene ring substituents is 1. The van der Waals surface area contributed by atoms with Gasteiger partial charge in [-0.3, -0.25) is 14.9 Å². The van der Waals surface area contributed by atoms with Crippen LogP contribution in [-0.2, 0) is 4.79 Å². The molecule has 0 radical (unpaired) electrons. The predicted octanol–water partition coefficient (Wildman–Crippen LogP) is 2.98. The van der Waals surface area contributed by atoms with E-state index < -0.39 is 10.8 Å². The highest BCUT2D eigenvalue weighted by atomic mass is 16.6. The average molecular weight is 365 g/mol. The Morgan fingerprint density at radius 1 is 1.19 bits per heavy atom. The van der Waals surface area contributed by atoms with Crippen LogP contribution < -0.4 is 10.2 Å². The number of carbonyl (C=O) groups excluding carboxylic acids is 1. The number of aromatic hydroxyl groups is 1. The molecule has 0 unspecified atom stereocenters. The minimum atomic E-state index is -0.590. The van der Waals surface area contributed by atoms with Crippen molar-refractivity contribution in [1.82, 2.24) is 5.43 Å². The van der Waals surface area contributed by atoms with E-state index in [-0.39, 0.29) is 23.6 Å². The third-order valence-electron chi connectivity index (χ3n) is 3.72. The van der Waals surface area contributed by atoms with E-state index in [4.69, 9.17) is 4.74 Å². The zero-order valence-electron chi connectivity index (χ0n) is 14.0. The van der Waals surface area contributed by atoms with Crippen LogP contribution in [0.4, 0.5) is 5.69 Å². The van der Waals surface area contributed by atoms with E-state index in [9.17, 15) is 20.0 Å². The maximum Gasteiger partial charge on any atom is 0.277 e. The van der Waals surface area contributed by atoms with Crippen molar-refractivity contribution in [2.45, 2.75) is 0 Å². The highest BCUT2D eigenvalue weighted by molar-refractivity contribution is 5.89. The van der Waals surface area contributed by atoms with Gasteiger partial charge in [0.15, 0.2) is 6.61 Å². The molecule has 8 nitrogen and oxygen atoms in total. The zero-order chi connectivity index (χ0) is 19.2. The maximum atomic E-state index is 11.9. The maximum absolute atomic E-state index is 11.9. The molecule has 0 aliphatic heterocycles. The number of nitro benzene ring substituents is 1. The van der Waals surface area contributed by atoms with Crippen molar-refractivity contribution >= 4 is 28.6 Å². The van der Waals surface area contributed by atoms with Gasteiger partial charge in [0.05, 0.1) is 11.1 Å². The van der Waals surface area contributed by atoms with Gasteiger partial charge in [0.25, 0.3) is 11.6 Å². The molecule has 27 heavy (non-hydrogen) atoms. The molecule has 3 aromatic rings. The van der Waals surface area contributed by atoms with Gasteiger partial charge in [0, 0.05) is 23.1 Å². The number of nitro groups is 1. The SMILES string of the molecule is O=C(COc1cccc2ccccc12)N/N=C/c1cc([N+](=O)[O-])ccc1O. The number of hydrogen-bond acceptors (Lipinski definition) is 6. The van der Waals surface area contributed by atoms with Crippen LogP contribution in [0.25, 0.3) is 10.8 Å². The molecule has 8 heteroatoms. The molecule has 0 atom stereocenters. The number of carbonyl (C=O) groups is 1. The summed E-state index contributed by atoms with van der Waals surface area (Å²) in [5, 5.41) is 26.0. The van der Waals surface area contributed by atoms with Gasteiger partial charge in [-0.15, -0.1) is 0 Å². The van der Waals surface area contributed by atoms with Crippen LogP contribution in [0.15, 0.2) is 65.8 Å². The van der Waals surface area contributed by atoms with Crippen molar-refractivity contribution in [1.29, 1.82) is 0 Å². The third-order valence-corrected chi connectivity index (χ3v) is 3.72. The van der Waals surface area contributed by atoms with Gasteiger partial charge in [0.2, 0.25) is 0 Å². The summed E-state index contributed by atoms with van der Waals surface area (Å²) in [5.74, 6) is -0.127. The molecule has 2 N–H and O–H groups in total. The number of phenolic OH excluding ortho intramolecular Hbond substituents is 1. The minimum Gasteiger partial charge on any atom is -0.507 e. The molecular formula is C19H15N3O5. The number of nitrogens with one attached hydrogen (secondary N) is 1. The van der Waals surface area contributed by atoms with Gasteiger partial charge >= 0.3 is 0 Å². The smallest absolute Gasteiger partial charge is 0.277 e. The fourth-order valence-corrected chi connectivity index (χ4v) is 2.43. The Bertz CT molecular complexity index is 1030. The lowest BCUT2D eigenvalue weighted by molar-refractivity contribution is -0.384. The number of rotatable bonds is 6. The minimum absolute atomic E-state index is 0.111. The van der Waals surface area contributed by atoms with E-state index in [1.165, 1.54) is 12.1 Å². The summed E-state index contributed by atoms with van der Waals surface area (Å²) in [6.07, 6.45) is 1.12. The van der Waals surface area contributed by atoms with Crippen molar-refractivity contribution < 1.29 is 19.6 Å². The number of ether oxygens (including phenoxy) is 1. The van der Waals surface area contributed by atoms with Crippen LogP contribution in [0.1, 0.15) is 5.56 Å². The molecule has 3 aromatic carbocycles. The highest BCUT2D eigenvalue weighted by Crippen LogP contribution is 2.25. The van der Waals surface area contributed by atoms with Crippen molar-refractivity contribution in [3.8, 4) is 11.5 Å². The van der Waals surface area contributed by atoms with Crippen LogP contribution in [0.3, 0.4) is 0 Å². The van der Waals surface area contributed by atoms with Crippen LogP contribution in [0.2, 0.25) is 0 Å². The second-order valence-corrected chi connectivity index (χ2v) is 5.56. The number of fused-ring (bicyclic) bond motifs is 1. The monoisotopic (exact) mass is 365 g/mol. The topological polar surface area (TPSA) is 114 Å². The first-order chi connectivity index (χ1) is 13.0. The summed E-state index contributed by atoms with van der Waals surface area (Å²) < 4.78 is 5.53. The molecule has 0 saturated carbocycles. The molecule has 0 bridgehead atoms. The first-order valence-corrected chi connectivity index (χ1v) is 7.94. The van der Waals surface area contributed by atoms with Gasteiger partial charge in [-0.05, 0) is 17.5 Å². The molecule has 3 rings (SSSR count). The molecule has 0 fully saturated rings. The molecule has 0 heterocycles. The van der Waals surface area contributed by atoms with E-state index in [1.54, 1.807) is 6.07 Å². The second kappa shape index (κ2) is 7.96. The summed E-state index contributed by atoms with van der Waals surface area (Å²) in [7, 11) is 0. The van der Waals surface area contributed by atoms with E-state index in [0.29, 0.717) is 5.75 Å². The molecule has 0 aromatic heterocycles. The van der Waals surface area contributed by atoms with Crippen LogP contribution in [-0.4, -0.2) is 28.8 Å². The summed E-state index contributed by atoms with van der Waals surface area (Å²) >= 11 is 0. The van der Waals surface area contributed by atoms with Gasteiger partial charge in [0.1, 0.15) is 11.5 Å². The second-order valence-electron chi connectivity index (χ2n) is 5.56. The Morgan fingerprint density at radius 2 is 1.96 bits per heavy atom. The fraction of sp³-hybridized carbons (Fsp3) is 0.0526. The summed E-state index contributed by atoms with van der Waals surface area (Å²) in [4.78, 5) is 22.0. The first-order valence-electron chi connectivity index (χ1n) is 7.94. The van der Waals surface area contributed by atoms with E-state index >= 15 is 0 Å². The Balaban J connectivity index is 1.61. The Morgan fingerprint density at radius 3 is 2.78 bits per heavy atom. The number of benzene rings is 3. The zero-order valence-corrected chi connectivity index (χ0v) is 14.0. The first kappa shape index (κ1) is 17.9. The molecule has 0 saturated heterocycles. The van der Waals surface area contributed by atoms with E-state index in [0.717, 1.165) is 23.1 Å². The Hall–Kier alpha value is -3.94. The number of nitrogens with zero attached hydrogens (tertiary/aromatic N) is 2. The van der Waals surface area contributed by atoms with Gasteiger partial charge in [-0.1, -0.05) is 36.4 Å². The molecule has 0 spiro atoms. The normalized spacial score (nSPS) is 10.8. The lowest BCUT2D eigenvalue weighted by Gasteiger charge is -2.08. The highest BCUT2D eigenvalue weighted by Gasteiger charge is 2.09. The van der Waals surface area contributed by atoms with Gasteiger partial charge in [-0.2, -0.15) is 5.10 Å². The van der Waals surface area contributed by atoms with Crippen molar-refractivity contribution in [2.24, 2.45) is 5.10 Å². The predicted molar refractivity (Wildman–Crippen MR) is 99.9 cm³/mol. The van der Waals surface area contributed by atoms with E-state index in [1.807, 2.05) is 36.4 Å². The van der Waals surface area contributed by atoms with Crippen molar-refractivity contribution in [2.75, 3.05) is 6.61 Å². The fourth-order valence-electron chi connectivity index (χ4n) is 2.43. The largest absolute Gasteiger partial charge is 0.507 e. The third kappa shape index (κ3) is 4.37. The van der Waals surface area contributed by atoms with Crippen molar-refractivity contribution in [3.63, 3.8) is 0 Å². The van der Waals surface area contributed by atoms with Crippen LogP contribution in [0, 0.1) is 10.1 Å². The molecule has 0 aliphatic rings. The molecular weight excluding hydrogens is 350 g/mol.